The van der Waals surface area contributed by atoms with Gasteiger partial charge in [-0.15, -0.1) is 0 Å². The first-order valence-electron chi connectivity index (χ1n) is 5.57. The average molecular weight is 261 g/mol. The number of aryl methyl sites for hydroxylation is 1. The van der Waals surface area contributed by atoms with Crippen molar-refractivity contribution in [1.29, 1.82) is 0 Å². The van der Waals surface area contributed by atoms with Gasteiger partial charge in [-0.2, -0.15) is 5.10 Å². The van der Waals surface area contributed by atoms with Gasteiger partial charge in [-0.05, 0) is 37.6 Å². The maximum atomic E-state index is 13.5. The van der Waals surface area contributed by atoms with Crippen LogP contribution in [-0.2, 0) is 0 Å². The molecule has 0 bridgehead atoms. The van der Waals surface area contributed by atoms with E-state index >= 15 is 0 Å². The molecule has 5 nitrogen and oxygen atoms in total. The maximum Gasteiger partial charge on any atom is 0.269 e. The van der Waals surface area contributed by atoms with Gasteiger partial charge in [-0.3, -0.25) is 9.59 Å². The van der Waals surface area contributed by atoms with Gasteiger partial charge in [0, 0.05) is 11.8 Å². The van der Waals surface area contributed by atoms with Crippen molar-refractivity contribution in [3.63, 3.8) is 0 Å². The second-order valence-electron chi connectivity index (χ2n) is 4.18. The molecule has 0 fully saturated rings. The van der Waals surface area contributed by atoms with Crippen LogP contribution in [0.15, 0.2) is 24.4 Å². The van der Waals surface area contributed by atoms with Crippen LogP contribution in [0.2, 0.25) is 0 Å². The molecular formula is C13H12FN3O2. The smallest absolute Gasteiger partial charge is 0.269 e. The Morgan fingerprint density at radius 2 is 2.05 bits per heavy atom. The highest BCUT2D eigenvalue weighted by Crippen LogP contribution is 2.20. The van der Waals surface area contributed by atoms with E-state index in [4.69, 9.17) is 5.73 Å². The number of primary amides is 1. The fourth-order valence-electron chi connectivity index (χ4n) is 1.73. The van der Waals surface area contributed by atoms with E-state index in [-0.39, 0.29) is 17.0 Å². The molecule has 0 aliphatic rings. The molecule has 2 N–H and O–H groups in total. The number of carbonyl (C=O) groups excluding carboxylic acids is 2. The molecule has 0 aliphatic carbocycles. The minimum atomic E-state index is -0.665. The Balaban J connectivity index is 2.62. The van der Waals surface area contributed by atoms with E-state index in [9.17, 15) is 14.0 Å². The van der Waals surface area contributed by atoms with Gasteiger partial charge >= 0.3 is 0 Å². The number of rotatable bonds is 3. The first kappa shape index (κ1) is 12.9. The molecule has 0 saturated carbocycles. The van der Waals surface area contributed by atoms with E-state index in [1.54, 1.807) is 6.92 Å². The Bertz CT molecular complexity index is 677. The predicted octanol–water partition coefficient (Wildman–Crippen LogP) is 1.62. The molecule has 2 aromatic rings. The van der Waals surface area contributed by atoms with Crippen molar-refractivity contribution >= 4 is 11.7 Å². The summed E-state index contributed by atoms with van der Waals surface area (Å²) in [6.45, 7) is 2.92. The zero-order valence-electron chi connectivity index (χ0n) is 10.5. The number of aromatic nitrogens is 2. The molecule has 1 aromatic heterocycles. The third-order valence-corrected chi connectivity index (χ3v) is 2.74. The first-order chi connectivity index (χ1) is 8.90. The molecule has 1 aromatic carbocycles. The third kappa shape index (κ3) is 2.37. The van der Waals surface area contributed by atoms with E-state index in [1.165, 1.54) is 36.0 Å². The molecule has 0 aliphatic heterocycles. The number of hydrogen-bond donors (Lipinski definition) is 1. The number of amides is 1. The minimum absolute atomic E-state index is 0.0801. The molecule has 0 atom stereocenters. The SMILES string of the molecule is CC(=O)c1cc(F)c(C)cc1-n1ccc(C(N)=O)n1. The van der Waals surface area contributed by atoms with Crippen LogP contribution in [-0.4, -0.2) is 21.5 Å². The second kappa shape index (κ2) is 4.64. The average Bonchev–Trinajstić information content (AvgIpc) is 2.81. The first-order valence-corrected chi connectivity index (χ1v) is 5.57. The van der Waals surface area contributed by atoms with E-state index in [2.05, 4.69) is 5.10 Å². The summed E-state index contributed by atoms with van der Waals surface area (Å²) in [5.74, 6) is -1.41. The largest absolute Gasteiger partial charge is 0.364 e. The number of ketones is 1. The summed E-state index contributed by atoms with van der Waals surface area (Å²) in [7, 11) is 0. The van der Waals surface area contributed by atoms with E-state index in [0.717, 1.165) is 0 Å². The number of Topliss-reactive ketones (excluding diaryl/α,β-unsaturated/α-hetero) is 1. The Morgan fingerprint density at radius 1 is 1.37 bits per heavy atom. The number of halogens is 1. The van der Waals surface area contributed by atoms with Crippen LogP contribution in [0.25, 0.3) is 5.69 Å². The summed E-state index contributed by atoms with van der Waals surface area (Å²) >= 11 is 0. The van der Waals surface area contributed by atoms with Gasteiger partial charge in [0.2, 0.25) is 0 Å². The van der Waals surface area contributed by atoms with E-state index < -0.39 is 11.7 Å². The van der Waals surface area contributed by atoms with Gasteiger partial charge in [0.05, 0.1) is 5.69 Å². The highest BCUT2D eigenvalue weighted by atomic mass is 19.1. The Morgan fingerprint density at radius 3 is 2.58 bits per heavy atom. The summed E-state index contributed by atoms with van der Waals surface area (Å²) in [6.07, 6.45) is 1.50. The zero-order chi connectivity index (χ0) is 14.2. The van der Waals surface area contributed by atoms with Crippen LogP contribution in [0.3, 0.4) is 0 Å². The number of hydrogen-bond acceptors (Lipinski definition) is 3. The summed E-state index contributed by atoms with van der Waals surface area (Å²) in [6, 6.07) is 4.10. The lowest BCUT2D eigenvalue weighted by molar-refractivity contribution is 0.0993. The highest BCUT2D eigenvalue weighted by Gasteiger charge is 2.14. The molecule has 98 valence electrons. The Hall–Kier alpha value is -2.50. The monoisotopic (exact) mass is 261 g/mol. The highest BCUT2D eigenvalue weighted by molar-refractivity contribution is 5.98. The van der Waals surface area contributed by atoms with Crippen molar-refractivity contribution in [1.82, 2.24) is 9.78 Å². The van der Waals surface area contributed by atoms with Crippen molar-refractivity contribution in [2.24, 2.45) is 5.73 Å². The number of benzene rings is 1. The summed E-state index contributed by atoms with van der Waals surface area (Å²) < 4.78 is 14.8. The summed E-state index contributed by atoms with van der Waals surface area (Å²) in [5.41, 5.74) is 6.19. The number of nitrogens with two attached hydrogens (primary N) is 1. The lowest BCUT2D eigenvalue weighted by atomic mass is 10.1. The lowest BCUT2D eigenvalue weighted by Gasteiger charge is -2.09. The van der Waals surface area contributed by atoms with Gasteiger partial charge in [0.25, 0.3) is 5.91 Å². The zero-order valence-corrected chi connectivity index (χ0v) is 10.5. The van der Waals surface area contributed by atoms with Gasteiger partial charge in [-0.1, -0.05) is 0 Å². The van der Waals surface area contributed by atoms with Gasteiger partial charge < -0.3 is 5.73 Å². The normalized spacial score (nSPS) is 10.5. The van der Waals surface area contributed by atoms with Crippen LogP contribution >= 0.6 is 0 Å². The van der Waals surface area contributed by atoms with Crippen molar-refractivity contribution in [2.45, 2.75) is 13.8 Å². The molecule has 6 heteroatoms. The number of carbonyl (C=O) groups is 2. The van der Waals surface area contributed by atoms with Crippen LogP contribution in [0.5, 0.6) is 0 Å². The molecule has 1 amide bonds. The molecule has 1 heterocycles. The van der Waals surface area contributed by atoms with Crippen molar-refractivity contribution < 1.29 is 14.0 Å². The summed E-state index contributed by atoms with van der Waals surface area (Å²) in [4.78, 5) is 22.5. The molecule has 0 unspecified atom stereocenters. The van der Waals surface area contributed by atoms with Crippen molar-refractivity contribution in [3.05, 3.63) is 47.0 Å². The third-order valence-electron chi connectivity index (χ3n) is 2.74. The number of nitrogens with zero attached hydrogens (tertiary/aromatic N) is 2. The lowest BCUT2D eigenvalue weighted by Crippen LogP contribution is -2.13. The van der Waals surface area contributed by atoms with Crippen molar-refractivity contribution in [3.8, 4) is 5.69 Å². The van der Waals surface area contributed by atoms with Crippen LogP contribution < -0.4 is 5.73 Å². The molecule has 2 rings (SSSR count). The standard InChI is InChI=1S/C13H12FN3O2/c1-7-5-12(9(8(2)18)6-10(7)14)17-4-3-11(16-17)13(15)19/h3-6H,1-2H3,(H2,15,19). The molecule has 0 saturated heterocycles. The fraction of sp³-hybridized carbons (Fsp3) is 0.154. The predicted molar refractivity (Wildman–Crippen MR) is 66.8 cm³/mol. The Kier molecular flexibility index (Phi) is 3.16. The van der Waals surface area contributed by atoms with Crippen molar-refractivity contribution in [2.75, 3.05) is 0 Å². The minimum Gasteiger partial charge on any atom is -0.364 e. The molecule has 0 spiro atoms. The fourth-order valence-corrected chi connectivity index (χ4v) is 1.73. The van der Waals surface area contributed by atoms with E-state index in [1.807, 2.05) is 0 Å². The van der Waals surface area contributed by atoms with Gasteiger partial charge in [0.1, 0.15) is 11.5 Å². The quantitative estimate of drug-likeness (QED) is 0.853. The van der Waals surface area contributed by atoms with Crippen LogP contribution in [0.4, 0.5) is 4.39 Å². The second-order valence-corrected chi connectivity index (χ2v) is 4.18. The molecular weight excluding hydrogens is 249 g/mol. The van der Waals surface area contributed by atoms with Crippen LogP contribution in [0.1, 0.15) is 33.3 Å². The Labute approximate surface area is 108 Å². The van der Waals surface area contributed by atoms with Gasteiger partial charge in [0.15, 0.2) is 5.78 Å². The van der Waals surface area contributed by atoms with E-state index in [0.29, 0.717) is 11.3 Å². The maximum absolute atomic E-state index is 13.5. The summed E-state index contributed by atoms with van der Waals surface area (Å²) in [5, 5.41) is 3.96. The molecule has 0 radical (unpaired) electrons. The van der Waals surface area contributed by atoms with Gasteiger partial charge in [-0.25, -0.2) is 9.07 Å². The van der Waals surface area contributed by atoms with Crippen LogP contribution in [0, 0.1) is 12.7 Å². The molecule has 19 heavy (non-hydrogen) atoms. The topological polar surface area (TPSA) is 78.0 Å².